The minimum Gasteiger partial charge on any atom is -0.506 e. The van der Waals surface area contributed by atoms with Crippen molar-refractivity contribution in [3.8, 4) is 5.75 Å². The maximum absolute atomic E-state index is 11.2. The summed E-state index contributed by atoms with van der Waals surface area (Å²) in [5.74, 6) is 0.0144. The van der Waals surface area contributed by atoms with Gasteiger partial charge >= 0.3 is 6.03 Å². The first-order valence-corrected chi connectivity index (χ1v) is 4.38. The Bertz CT molecular complexity index is 355. The van der Waals surface area contributed by atoms with Crippen LogP contribution in [0.15, 0.2) is 18.2 Å². The van der Waals surface area contributed by atoms with E-state index in [4.69, 9.17) is 11.6 Å². The van der Waals surface area contributed by atoms with Crippen LogP contribution in [0.4, 0.5) is 10.5 Å². The Labute approximate surface area is 87.1 Å². The number of aromatic hydroxyl groups is 1. The fourth-order valence-electron chi connectivity index (χ4n) is 1.04. The molecule has 0 aliphatic carbocycles. The molecule has 0 radical (unpaired) electrons. The van der Waals surface area contributed by atoms with Gasteiger partial charge in [0.25, 0.3) is 0 Å². The minimum atomic E-state index is -0.317. The van der Waals surface area contributed by atoms with E-state index in [0.717, 1.165) is 0 Å². The van der Waals surface area contributed by atoms with Gasteiger partial charge in [0.05, 0.1) is 5.69 Å². The van der Waals surface area contributed by atoms with Crippen molar-refractivity contribution in [1.29, 1.82) is 0 Å². The highest BCUT2D eigenvalue weighted by atomic mass is 35.5. The third-order valence-electron chi connectivity index (χ3n) is 1.82. The van der Waals surface area contributed by atoms with Crippen LogP contribution in [0.5, 0.6) is 5.75 Å². The fraction of sp³-hybridized carbons (Fsp3) is 0.222. The molecule has 1 aromatic carbocycles. The molecule has 0 saturated heterocycles. The Kier molecular flexibility index (Phi) is 3.19. The van der Waals surface area contributed by atoms with Crippen LogP contribution in [0, 0.1) is 0 Å². The molecule has 0 aromatic heterocycles. The summed E-state index contributed by atoms with van der Waals surface area (Å²) in [5.41, 5.74) is 0.372. The van der Waals surface area contributed by atoms with Crippen LogP contribution in [0.1, 0.15) is 0 Å². The summed E-state index contributed by atoms with van der Waals surface area (Å²) in [6.07, 6.45) is 0. The van der Waals surface area contributed by atoms with Crippen molar-refractivity contribution in [3.05, 3.63) is 23.2 Å². The second-order valence-corrected chi connectivity index (χ2v) is 3.18. The third-order valence-corrected chi connectivity index (χ3v) is 2.05. The van der Waals surface area contributed by atoms with Crippen molar-refractivity contribution in [2.24, 2.45) is 0 Å². The van der Waals surface area contributed by atoms with E-state index in [1.165, 1.54) is 24.1 Å². The molecular formula is C9H11ClN2O2. The van der Waals surface area contributed by atoms with Gasteiger partial charge in [0.1, 0.15) is 5.75 Å². The SMILES string of the molecule is CNC(=O)N(C)c1cc(Cl)ccc1O. The Morgan fingerprint density at radius 3 is 2.79 bits per heavy atom. The number of nitrogens with zero attached hydrogens (tertiary/aromatic N) is 1. The van der Waals surface area contributed by atoms with Gasteiger partial charge in [0.15, 0.2) is 0 Å². The van der Waals surface area contributed by atoms with Gasteiger partial charge in [-0.05, 0) is 18.2 Å². The number of carbonyl (C=O) groups excluding carboxylic acids is 1. The molecule has 0 saturated carbocycles. The number of phenols is 1. The number of urea groups is 1. The lowest BCUT2D eigenvalue weighted by molar-refractivity contribution is 0.249. The zero-order valence-corrected chi connectivity index (χ0v) is 8.67. The normalized spacial score (nSPS) is 9.64. The molecule has 76 valence electrons. The lowest BCUT2D eigenvalue weighted by atomic mass is 10.3. The topological polar surface area (TPSA) is 52.6 Å². The predicted octanol–water partition coefficient (Wildman–Crippen LogP) is 1.82. The number of benzene rings is 1. The van der Waals surface area contributed by atoms with Crippen molar-refractivity contribution < 1.29 is 9.90 Å². The fourth-order valence-corrected chi connectivity index (χ4v) is 1.21. The molecule has 2 amide bonds. The van der Waals surface area contributed by atoms with Crippen LogP contribution in [-0.2, 0) is 0 Å². The second kappa shape index (κ2) is 4.19. The quantitative estimate of drug-likeness (QED) is 0.749. The van der Waals surface area contributed by atoms with Crippen molar-refractivity contribution in [2.75, 3.05) is 19.0 Å². The molecule has 0 unspecified atom stereocenters. The monoisotopic (exact) mass is 214 g/mol. The standard InChI is InChI=1S/C9H11ClN2O2/c1-11-9(14)12(2)7-5-6(10)3-4-8(7)13/h3-5,13H,1-2H3,(H,11,14). The van der Waals surface area contributed by atoms with Crippen LogP contribution in [0.3, 0.4) is 0 Å². The number of carbonyl (C=O) groups is 1. The summed E-state index contributed by atoms with van der Waals surface area (Å²) in [5, 5.41) is 12.4. The van der Waals surface area contributed by atoms with Crippen LogP contribution < -0.4 is 10.2 Å². The van der Waals surface area contributed by atoms with Gasteiger partial charge in [-0.15, -0.1) is 0 Å². The molecule has 2 N–H and O–H groups in total. The number of halogens is 1. The van der Waals surface area contributed by atoms with Gasteiger partial charge in [-0.25, -0.2) is 4.79 Å². The first-order valence-electron chi connectivity index (χ1n) is 4.00. The van der Waals surface area contributed by atoms with Gasteiger partial charge in [-0.1, -0.05) is 11.6 Å². The summed E-state index contributed by atoms with van der Waals surface area (Å²) in [4.78, 5) is 12.5. The molecule has 0 atom stereocenters. The number of hydrogen-bond acceptors (Lipinski definition) is 2. The molecule has 0 fully saturated rings. The van der Waals surface area contributed by atoms with Crippen LogP contribution in [0.2, 0.25) is 5.02 Å². The highest BCUT2D eigenvalue weighted by Gasteiger charge is 2.12. The summed E-state index contributed by atoms with van der Waals surface area (Å²) in [6.45, 7) is 0. The summed E-state index contributed by atoms with van der Waals surface area (Å²) in [6, 6.07) is 4.20. The van der Waals surface area contributed by atoms with E-state index >= 15 is 0 Å². The summed E-state index contributed by atoms with van der Waals surface area (Å²) in [7, 11) is 3.06. The smallest absolute Gasteiger partial charge is 0.321 e. The van der Waals surface area contributed by atoms with Crippen molar-refractivity contribution in [3.63, 3.8) is 0 Å². The van der Waals surface area contributed by atoms with E-state index in [-0.39, 0.29) is 11.8 Å². The van der Waals surface area contributed by atoms with Crippen molar-refractivity contribution >= 4 is 23.3 Å². The van der Waals surface area contributed by atoms with Gasteiger partial charge < -0.3 is 10.4 Å². The summed E-state index contributed by atoms with van der Waals surface area (Å²) < 4.78 is 0. The van der Waals surface area contributed by atoms with Crippen LogP contribution in [0.25, 0.3) is 0 Å². The largest absolute Gasteiger partial charge is 0.506 e. The second-order valence-electron chi connectivity index (χ2n) is 2.75. The number of amides is 2. The Hall–Kier alpha value is -1.42. The third kappa shape index (κ3) is 2.09. The maximum Gasteiger partial charge on any atom is 0.321 e. The van der Waals surface area contributed by atoms with Gasteiger partial charge in [0.2, 0.25) is 0 Å². The Morgan fingerprint density at radius 2 is 2.21 bits per heavy atom. The first kappa shape index (κ1) is 10.7. The Morgan fingerprint density at radius 1 is 1.57 bits per heavy atom. The molecule has 5 heteroatoms. The van der Waals surface area contributed by atoms with E-state index in [2.05, 4.69) is 5.32 Å². The zero-order chi connectivity index (χ0) is 10.7. The highest BCUT2D eigenvalue weighted by molar-refractivity contribution is 6.31. The number of anilines is 1. The molecule has 0 aliphatic rings. The molecule has 0 aliphatic heterocycles. The average Bonchev–Trinajstić information content (AvgIpc) is 2.19. The van der Waals surface area contributed by atoms with E-state index in [1.807, 2.05) is 0 Å². The maximum atomic E-state index is 11.2. The number of phenolic OH excluding ortho intramolecular Hbond substituents is 1. The van der Waals surface area contributed by atoms with Crippen molar-refractivity contribution in [1.82, 2.24) is 5.32 Å². The number of nitrogens with one attached hydrogen (secondary N) is 1. The average molecular weight is 215 g/mol. The van der Waals surface area contributed by atoms with E-state index in [1.54, 1.807) is 13.1 Å². The molecule has 0 heterocycles. The highest BCUT2D eigenvalue weighted by Crippen LogP contribution is 2.29. The van der Waals surface area contributed by atoms with Gasteiger partial charge in [0, 0.05) is 19.1 Å². The minimum absolute atomic E-state index is 0.0144. The Balaban J connectivity index is 3.05. The first-order chi connectivity index (χ1) is 6.56. The lowest BCUT2D eigenvalue weighted by Gasteiger charge is -2.17. The van der Waals surface area contributed by atoms with Gasteiger partial charge in [-0.3, -0.25) is 4.90 Å². The molecule has 14 heavy (non-hydrogen) atoms. The molecule has 1 rings (SSSR count). The zero-order valence-electron chi connectivity index (χ0n) is 7.91. The number of rotatable bonds is 1. The summed E-state index contributed by atoms with van der Waals surface area (Å²) >= 11 is 5.74. The van der Waals surface area contributed by atoms with E-state index in [0.29, 0.717) is 10.7 Å². The van der Waals surface area contributed by atoms with Crippen LogP contribution in [-0.4, -0.2) is 25.2 Å². The van der Waals surface area contributed by atoms with Crippen molar-refractivity contribution in [2.45, 2.75) is 0 Å². The predicted molar refractivity (Wildman–Crippen MR) is 56.0 cm³/mol. The lowest BCUT2D eigenvalue weighted by Crippen LogP contribution is -2.34. The molecular weight excluding hydrogens is 204 g/mol. The van der Waals surface area contributed by atoms with Crippen LogP contribution >= 0.6 is 11.6 Å². The van der Waals surface area contributed by atoms with Gasteiger partial charge in [-0.2, -0.15) is 0 Å². The molecule has 0 spiro atoms. The van der Waals surface area contributed by atoms with E-state index < -0.39 is 0 Å². The number of hydrogen-bond donors (Lipinski definition) is 2. The van der Waals surface area contributed by atoms with E-state index in [9.17, 15) is 9.90 Å². The molecule has 1 aromatic rings. The molecule has 4 nitrogen and oxygen atoms in total. The molecule has 0 bridgehead atoms.